The topological polar surface area (TPSA) is 67.2 Å². The van der Waals surface area contributed by atoms with Crippen LogP contribution in [0.2, 0.25) is 0 Å². The smallest absolute Gasteiger partial charge is 0.231 e. The van der Waals surface area contributed by atoms with Gasteiger partial charge < -0.3 is 14.8 Å². The number of benzene rings is 1. The third-order valence-electron chi connectivity index (χ3n) is 2.79. The van der Waals surface area contributed by atoms with Gasteiger partial charge in [-0.3, -0.25) is 0 Å². The standard InChI is InChI=1S/C14H11N3O2/c1-9-2-3-10(7-15)14(16-9)17-11-4-5-12-13(6-11)19-8-18-12/h2-6H,8H2,1H3,(H,16,17). The molecule has 1 aromatic heterocycles. The molecule has 2 heterocycles. The number of fused-ring (bicyclic) bond motifs is 1. The van der Waals surface area contributed by atoms with Crippen molar-refractivity contribution in [2.45, 2.75) is 6.92 Å². The van der Waals surface area contributed by atoms with Crippen molar-refractivity contribution in [3.63, 3.8) is 0 Å². The quantitative estimate of drug-likeness (QED) is 0.891. The van der Waals surface area contributed by atoms with Gasteiger partial charge >= 0.3 is 0 Å². The van der Waals surface area contributed by atoms with Gasteiger partial charge in [0.2, 0.25) is 6.79 Å². The fourth-order valence-electron chi connectivity index (χ4n) is 1.85. The molecule has 1 aromatic carbocycles. The Morgan fingerprint density at radius 2 is 2.05 bits per heavy atom. The van der Waals surface area contributed by atoms with Crippen LogP contribution in [0, 0.1) is 18.3 Å². The van der Waals surface area contributed by atoms with Crippen molar-refractivity contribution >= 4 is 11.5 Å². The molecule has 0 saturated carbocycles. The molecule has 19 heavy (non-hydrogen) atoms. The third-order valence-corrected chi connectivity index (χ3v) is 2.79. The van der Waals surface area contributed by atoms with E-state index < -0.39 is 0 Å². The van der Waals surface area contributed by atoms with E-state index in [1.807, 2.05) is 31.2 Å². The zero-order valence-electron chi connectivity index (χ0n) is 10.3. The number of hydrogen-bond donors (Lipinski definition) is 1. The summed E-state index contributed by atoms with van der Waals surface area (Å²) in [6.07, 6.45) is 0. The Balaban J connectivity index is 1.93. The first kappa shape index (κ1) is 11.4. The van der Waals surface area contributed by atoms with E-state index in [9.17, 15) is 0 Å². The maximum Gasteiger partial charge on any atom is 0.231 e. The largest absolute Gasteiger partial charge is 0.454 e. The number of nitriles is 1. The molecule has 1 aliphatic rings. The summed E-state index contributed by atoms with van der Waals surface area (Å²) < 4.78 is 10.6. The summed E-state index contributed by atoms with van der Waals surface area (Å²) in [5.41, 5.74) is 2.16. The highest BCUT2D eigenvalue weighted by Crippen LogP contribution is 2.35. The van der Waals surface area contributed by atoms with Gasteiger partial charge in [-0.25, -0.2) is 4.98 Å². The van der Waals surface area contributed by atoms with Crippen LogP contribution in [0.1, 0.15) is 11.3 Å². The Kier molecular flexibility index (Phi) is 2.69. The highest BCUT2D eigenvalue weighted by molar-refractivity contribution is 5.65. The van der Waals surface area contributed by atoms with Crippen LogP contribution in [0.15, 0.2) is 30.3 Å². The molecule has 94 valence electrons. The number of hydrogen-bond acceptors (Lipinski definition) is 5. The van der Waals surface area contributed by atoms with Gasteiger partial charge in [0, 0.05) is 17.4 Å². The SMILES string of the molecule is Cc1ccc(C#N)c(Nc2ccc3c(c2)OCO3)n1. The molecule has 0 radical (unpaired) electrons. The predicted molar refractivity (Wildman–Crippen MR) is 69.5 cm³/mol. The molecule has 5 heteroatoms. The van der Waals surface area contributed by atoms with E-state index in [1.165, 1.54) is 0 Å². The maximum atomic E-state index is 9.07. The molecule has 0 aliphatic carbocycles. The lowest BCUT2D eigenvalue weighted by Gasteiger charge is -2.08. The second kappa shape index (κ2) is 4.50. The first-order chi connectivity index (χ1) is 9.26. The number of aryl methyl sites for hydroxylation is 1. The fraction of sp³-hybridized carbons (Fsp3) is 0.143. The molecule has 0 spiro atoms. The van der Waals surface area contributed by atoms with E-state index in [-0.39, 0.29) is 6.79 Å². The number of nitrogens with one attached hydrogen (secondary N) is 1. The van der Waals surface area contributed by atoms with Crippen molar-refractivity contribution in [2.75, 3.05) is 12.1 Å². The molecule has 0 bridgehead atoms. The molecule has 0 atom stereocenters. The summed E-state index contributed by atoms with van der Waals surface area (Å²) in [6.45, 7) is 2.12. The molecular formula is C14H11N3O2. The van der Waals surface area contributed by atoms with E-state index in [4.69, 9.17) is 14.7 Å². The number of ether oxygens (including phenoxy) is 2. The van der Waals surface area contributed by atoms with Crippen molar-refractivity contribution in [1.82, 2.24) is 4.98 Å². The van der Waals surface area contributed by atoms with Gasteiger partial charge in [-0.05, 0) is 31.2 Å². The van der Waals surface area contributed by atoms with E-state index >= 15 is 0 Å². The van der Waals surface area contributed by atoms with Crippen LogP contribution in [-0.4, -0.2) is 11.8 Å². The Morgan fingerprint density at radius 1 is 1.21 bits per heavy atom. The van der Waals surface area contributed by atoms with E-state index in [2.05, 4.69) is 16.4 Å². The predicted octanol–water partition coefficient (Wildman–Crippen LogP) is 2.73. The molecule has 2 aromatic rings. The van der Waals surface area contributed by atoms with Gasteiger partial charge in [0.15, 0.2) is 11.5 Å². The Labute approximate surface area is 110 Å². The molecule has 0 unspecified atom stereocenters. The second-order valence-corrected chi connectivity index (χ2v) is 4.15. The minimum Gasteiger partial charge on any atom is -0.454 e. The number of anilines is 2. The van der Waals surface area contributed by atoms with Crippen molar-refractivity contribution in [2.24, 2.45) is 0 Å². The van der Waals surface area contributed by atoms with E-state index in [0.717, 1.165) is 17.1 Å². The normalized spacial score (nSPS) is 12.0. The van der Waals surface area contributed by atoms with Gasteiger partial charge in [-0.2, -0.15) is 5.26 Å². The van der Waals surface area contributed by atoms with E-state index in [1.54, 1.807) is 6.07 Å². The first-order valence-corrected chi connectivity index (χ1v) is 5.81. The van der Waals surface area contributed by atoms with Gasteiger partial charge in [-0.1, -0.05) is 0 Å². The van der Waals surface area contributed by atoms with Crippen molar-refractivity contribution < 1.29 is 9.47 Å². The van der Waals surface area contributed by atoms with Gasteiger partial charge in [0.25, 0.3) is 0 Å². The molecule has 0 amide bonds. The van der Waals surface area contributed by atoms with Crippen LogP contribution in [-0.2, 0) is 0 Å². The second-order valence-electron chi connectivity index (χ2n) is 4.15. The minimum absolute atomic E-state index is 0.241. The first-order valence-electron chi connectivity index (χ1n) is 5.81. The Morgan fingerprint density at radius 3 is 2.89 bits per heavy atom. The summed E-state index contributed by atoms with van der Waals surface area (Å²) in [5, 5.41) is 12.2. The molecule has 1 aliphatic heterocycles. The van der Waals surface area contributed by atoms with Gasteiger partial charge in [-0.15, -0.1) is 0 Å². The highest BCUT2D eigenvalue weighted by Gasteiger charge is 2.14. The lowest BCUT2D eigenvalue weighted by atomic mass is 10.2. The summed E-state index contributed by atoms with van der Waals surface area (Å²) in [5.74, 6) is 1.96. The van der Waals surface area contributed by atoms with Crippen LogP contribution < -0.4 is 14.8 Å². The monoisotopic (exact) mass is 253 g/mol. The fourth-order valence-corrected chi connectivity index (χ4v) is 1.85. The minimum atomic E-state index is 0.241. The molecule has 1 N–H and O–H groups in total. The van der Waals surface area contributed by atoms with Crippen molar-refractivity contribution in [3.8, 4) is 17.6 Å². The highest BCUT2D eigenvalue weighted by atomic mass is 16.7. The number of pyridine rings is 1. The average molecular weight is 253 g/mol. The van der Waals surface area contributed by atoms with Crippen molar-refractivity contribution in [3.05, 3.63) is 41.6 Å². The lowest BCUT2D eigenvalue weighted by Crippen LogP contribution is -1.98. The summed E-state index contributed by atoms with van der Waals surface area (Å²) >= 11 is 0. The molecule has 5 nitrogen and oxygen atoms in total. The summed E-state index contributed by atoms with van der Waals surface area (Å²) in [7, 11) is 0. The third kappa shape index (κ3) is 2.16. The van der Waals surface area contributed by atoms with Crippen LogP contribution in [0.25, 0.3) is 0 Å². The Bertz CT molecular complexity index is 677. The number of nitrogens with zero attached hydrogens (tertiary/aromatic N) is 2. The lowest BCUT2D eigenvalue weighted by molar-refractivity contribution is 0.174. The molecule has 0 fully saturated rings. The Hall–Kier alpha value is -2.74. The van der Waals surface area contributed by atoms with Gasteiger partial charge in [0.05, 0.1) is 5.56 Å². The van der Waals surface area contributed by atoms with Crippen LogP contribution in [0.3, 0.4) is 0 Å². The summed E-state index contributed by atoms with van der Waals surface area (Å²) in [6, 6.07) is 11.2. The van der Waals surface area contributed by atoms with Crippen molar-refractivity contribution in [1.29, 1.82) is 5.26 Å². The molecule has 0 saturated heterocycles. The zero-order valence-corrected chi connectivity index (χ0v) is 10.3. The summed E-state index contributed by atoms with van der Waals surface area (Å²) in [4.78, 5) is 4.33. The maximum absolute atomic E-state index is 9.07. The number of rotatable bonds is 2. The van der Waals surface area contributed by atoms with Crippen LogP contribution >= 0.6 is 0 Å². The molecular weight excluding hydrogens is 242 g/mol. The van der Waals surface area contributed by atoms with Crippen LogP contribution in [0.4, 0.5) is 11.5 Å². The van der Waals surface area contributed by atoms with Crippen LogP contribution in [0.5, 0.6) is 11.5 Å². The average Bonchev–Trinajstić information content (AvgIpc) is 2.86. The zero-order chi connectivity index (χ0) is 13.2. The molecule has 3 rings (SSSR count). The van der Waals surface area contributed by atoms with E-state index in [0.29, 0.717) is 17.1 Å². The van der Waals surface area contributed by atoms with Gasteiger partial charge in [0.1, 0.15) is 11.9 Å². The number of aromatic nitrogens is 1.